The number of rotatable bonds is 1. The quantitative estimate of drug-likeness (QED) is 0.247. The summed E-state index contributed by atoms with van der Waals surface area (Å²) in [6.07, 6.45) is 0. The second-order valence-electron chi connectivity index (χ2n) is 2.50. The van der Waals surface area contributed by atoms with E-state index in [0.29, 0.717) is 6.61 Å². The molecule has 3 nitrogen and oxygen atoms in total. The smallest absolute Gasteiger partial charge is 0.445 e. The first-order valence-corrected chi connectivity index (χ1v) is 3.44. The van der Waals surface area contributed by atoms with E-state index in [-0.39, 0.29) is 12.4 Å². The molecule has 0 aromatic heterocycles. The van der Waals surface area contributed by atoms with Crippen molar-refractivity contribution >= 4 is 6.02 Å². The fourth-order valence-electron chi connectivity index (χ4n) is 0.787. The van der Waals surface area contributed by atoms with Crippen LogP contribution in [0, 0.1) is 0 Å². The SMILES string of the molecule is CCOC(N(C)C)=[N+](C)C.[Cl-]. The van der Waals surface area contributed by atoms with Crippen molar-refractivity contribution in [2.45, 2.75) is 6.92 Å². The molecule has 0 atom stereocenters. The van der Waals surface area contributed by atoms with Gasteiger partial charge in [0.15, 0.2) is 0 Å². The van der Waals surface area contributed by atoms with Crippen LogP contribution in [0.4, 0.5) is 0 Å². The molecule has 4 heteroatoms. The molecule has 0 saturated carbocycles. The lowest BCUT2D eigenvalue weighted by Gasteiger charge is -2.09. The van der Waals surface area contributed by atoms with Crippen molar-refractivity contribution in [3.63, 3.8) is 0 Å². The fourth-order valence-corrected chi connectivity index (χ4v) is 0.787. The molecule has 0 aromatic carbocycles. The van der Waals surface area contributed by atoms with E-state index in [0.717, 1.165) is 6.02 Å². The van der Waals surface area contributed by atoms with Crippen molar-refractivity contribution in [3.8, 4) is 0 Å². The first kappa shape index (κ1) is 13.2. The monoisotopic (exact) mass is 180 g/mol. The van der Waals surface area contributed by atoms with Crippen LogP contribution in [-0.4, -0.2) is 50.3 Å². The lowest BCUT2D eigenvalue weighted by atomic mass is 10.8. The molecular formula is C7H17ClN2O. The Morgan fingerprint density at radius 1 is 1.36 bits per heavy atom. The summed E-state index contributed by atoms with van der Waals surface area (Å²) in [5.74, 6) is 0. The van der Waals surface area contributed by atoms with Gasteiger partial charge in [-0.15, -0.1) is 0 Å². The third kappa shape index (κ3) is 4.90. The summed E-state index contributed by atoms with van der Waals surface area (Å²) in [6, 6.07) is 0.891. The molecule has 0 heterocycles. The Morgan fingerprint density at radius 2 is 1.82 bits per heavy atom. The maximum absolute atomic E-state index is 5.33. The van der Waals surface area contributed by atoms with E-state index in [4.69, 9.17) is 4.74 Å². The van der Waals surface area contributed by atoms with E-state index in [9.17, 15) is 0 Å². The molecule has 0 aliphatic carbocycles. The highest BCUT2D eigenvalue weighted by atomic mass is 35.5. The summed E-state index contributed by atoms with van der Waals surface area (Å²) < 4.78 is 7.28. The number of ether oxygens (including phenoxy) is 1. The van der Waals surface area contributed by atoms with Gasteiger partial charge in [-0.05, 0) is 6.92 Å². The van der Waals surface area contributed by atoms with Crippen molar-refractivity contribution in [1.29, 1.82) is 0 Å². The fraction of sp³-hybridized carbons (Fsp3) is 0.857. The number of halogens is 1. The van der Waals surface area contributed by atoms with E-state index in [2.05, 4.69) is 0 Å². The van der Waals surface area contributed by atoms with E-state index in [1.807, 2.05) is 44.6 Å². The molecule has 0 fully saturated rings. The van der Waals surface area contributed by atoms with Crippen LogP contribution >= 0.6 is 0 Å². The average Bonchev–Trinajstić information content (AvgIpc) is 1.81. The molecule has 0 spiro atoms. The molecule has 0 N–H and O–H groups in total. The first-order chi connectivity index (χ1) is 4.59. The van der Waals surface area contributed by atoms with E-state index < -0.39 is 0 Å². The highest BCUT2D eigenvalue weighted by Gasteiger charge is 2.10. The van der Waals surface area contributed by atoms with Crippen molar-refractivity contribution in [2.75, 3.05) is 34.8 Å². The molecule has 68 valence electrons. The van der Waals surface area contributed by atoms with Gasteiger partial charge in [0.1, 0.15) is 0 Å². The molecule has 0 bridgehead atoms. The van der Waals surface area contributed by atoms with Crippen LogP contribution in [0.15, 0.2) is 0 Å². The van der Waals surface area contributed by atoms with E-state index >= 15 is 0 Å². The molecule has 0 saturated heterocycles. The normalized spacial score (nSPS) is 8.09. The zero-order valence-corrected chi connectivity index (χ0v) is 8.64. The molecule has 0 rings (SSSR count). The summed E-state index contributed by atoms with van der Waals surface area (Å²) >= 11 is 0. The average molecular weight is 181 g/mol. The number of nitrogens with zero attached hydrogens (tertiary/aromatic N) is 2. The summed E-state index contributed by atoms with van der Waals surface area (Å²) in [4.78, 5) is 1.95. The van der Waals surface area contributed by atoms with Crippen molar-refractivity contribution < 1.29 is 21.7 Å². The van der Waals surface area contributed by atoms with Crippen molar-refractivity contribution in [2.24, 2.45) is 0 Å². The minimum absolute atomic E-state index is 0. The molecule has 0 unspecified atom stereocenters. The highest BCUT2D eigenvalue weighted by Crippen LogP contribution is 1.84. The maximum Gasteiger partial charge on any atom is 0.445 e. The van der Waals surface area contributed by atoms with Crippen LogP contribution in [0.3, 0.4) is 0 Å². The molecule has 0 aliphatic heterocycles. The zero-order valence-electron chi connectivity index (χ0n) is 7.89. The largest absolute Gasteiger partial charge is 1.00 e. The molecule has 0 aromatic rings. The van der Waals surface area contributed by atoms with Gasteiger partial charge in [0.25, 0.3) is 0 Å². The van der Waals surface area contributed by atoms with Gasteiger partial charge in [0.05, 0.1) is 34.8 Å². The van der Waals surface area contributed by atoms with E-state index in [1.54, 1.807) is 0 Å². The Hall–Kier alpha value is -0.440. The predicted octanol–water partition coefficient (Wildman–Crippen LogP) is -2.78. The van der Waals surface area contributed by atoms with Gasteiger partial charge < -0.3 is 17.1 Å². The first-order valence-electron chi connectivity index (χ1n) is 3.44. The Balaban J connectivity index is 0. The van der Waals surface area contributed by atoms with Crippen molar-refractivity contribution in [1.82, 2.24) is 4.90 Å². The zero-order chi connectivity index (χ0) is 8.15. The Kier molecular flexibility index (Phi) is 7.52. The topological polar surface area (TPSA) is 15.5 Å². The predicted molar refractivity (Wildman–Crippen MR) is 42.4 cm³/mol. The molecule has 0 amide bonds. The van der Waals surface area contributed by atoms with Gasteiger partial charge in [0.2, 0.25) is 0 Å². The highest BCUT2D eigenvalue weighted by molar-refractivity contribution is 5.67. The minimum Gasteiger partial charge on any atom is -1.00 e. The Labute approximate surface area is 75.1 Å². The van der Waals surface area contributed by atoms with E-state index in [1.165, 1.54) is 0 Å². The molecule has 11 heavy (non-hydrogen) atoms. The van der Waals surface area contributed by atoms with Gasteiger partial charge in [0, 0.05) is 0 Å². The van der Waals surface area contributed by atoms with Crippen molar-refractivity contribution in [3.05, 3.63) is 0 Å². The van der Waals surface area contributed by atoms with Gasteiger partial charge >= 0.3 is 6.02 Å². The van der Waals surface area contributed by atoms with Gasteiger partial charge in [-0.1, -0.05) is 0 Å². The molecule has 0 aliphatic rings. The van der Waals surface area contributed by atoms with Gasteiger partial charge in [-0.25, -0.2) is 9.48 Å². The number of amidine groups is 1. The summed E-state index contributed by atoms with van der Waals surface area (Å²) in [5, 5.41) is 0. The standard InChI is InChI=1S/C7H17N2O.ClH/c1-6-10-7(8(2)3)9(4)5;/h6H2,1-5H3;1H/q+1;/p-1. The molecule has 0 radical (unpaired) electrons. The van der Waals surface area contributed by atoms with Gasteiger partial charge in [-0.2, -0.15) is 0 Å². The summed E-state index contributed by atoms with van der Waals surface area (Å²) in [7, 11) is 7.85. The molecular weight excluding hydrogens is 164 g/mol. The van der Waals surface area contributed by atoms with Crippen LogP contribution < -0.4 is 12.4 Å². The minimum atomic E-state index is 0. The third-order valence-corrected chi connectivity index (χ3v) is 1.04. The van der Waals surface area contributed by atoms with Crippen LogP contribution in [0.2, 0.25) is 0 Å². The summed E-state index contributed by atoms with van der Waals surface area (Å²) in [5.41, 5.74) is 0. The lowest BCUT2D eigenvalue weighted by molar-refractivity contribution is -0.480. The Bertz CT molecular complexity index is 130. The second kappa shape index (κ2) is 6.28. The lowest BCUT2D eigenvalue weighted by Crippen LogP contribution is -3.00. The maximum atomic E-state index is 5.33. The third-order valence-electron chi connectivity index (χ3n) is 1.04. The van der Waals surface area contributed by atoms with Gasteiger partial charge in [-0.3, -0.25) is 0 Å². The summed E-state index contributed by atoms with van der Waals surface area (Å²) in [6.45, 7) is 2.69. The second-order valence-corrected chi connectivity index (χ2v) is 2.50. The van der Waals surface area contributed by atoms with Crippen LogP contribution in [0.25, 0.3) is 0 Å². The number of hydrogen-bond donors (Lipinski definition) is 0. The number of hydrogen-bond acceptors (Lipinski definition) is 1. The Morgan fingerprint density at radius 3 is 1.91 bits per heavy atom. The van der Waals surface area contributed by atoms with Crippen LogP contribution in [0.5, 0.6) is 0 Å². The van der Waals surface area contributed by atoms with Crippen LogP contribution in [-0.2, 0) is 4.74 Å². The van der Waals surface area contributed by atoms with Crippen LogP contribution in [0.1, 0.15) is 6.92 Å².